The van der Waals surface area contributed by atoms with Crippen molar-refractivity contribution in [3.63, 3.8) is 0 Å². The van der Waals surface area contributed by atoms with Gasteiger partial charge in [-0.2, -0.15) is 0 Å². The number of fused-ring (bicyclic) bond motifs is 1. The average molecular weight is 331 g/mol. The van der Waals surface area contributed by atoms with E-state index in [1.165, 1.54) is 0 Å². The van der Waals surface area contributed by atoms with Gasteiger partial charge in [0.05, 0.1) is 5.92 Å². The first-order valence-electron chi connectivity index (χ1n) is 7.94. The van der Waals surface area contributed by atoms with Crippen LogP contribution < -0.4 is 11.1 Å². The summed E-state index contributed by atoms with van der Waals surface area (Å²) in [4.78, 5) is 26.8. The molecule has 0 aliphatic carbocycles. The number of nitrogens with two attached hydrogens (primary N) is 1. The second kappa shape index (κ2) is 7.10. The Bertz CT molecular complexity index is 713. The van der Waals surface area contributed by atoms with Crippen molar-refractivity contribution in [1.82, 2.24) is 10.2 Å². The SMILES string of the molecule is NCCNC(=O)[C@H]1CCCN(C(=O)c2cccc3sccc23)C1. The third-order valence-electron chi connectivity index (χ3n) is 4.25. The first-order chi connectivity index (χ1) is 11.2. The third-order valence-corrected chi connectivity index (χ3v) is 5.13. The Balaban J connectivity index is 1.74. The third kappa shape index (κ3) is 3.38. The molecule has 1 atom stereocenters. The Morgan fingerprint density at radius 2 is 2.22 bits per heavy atom. The molecular formula is C17H21N3O2S. The van der Waals surface area contributed by atoms with Gasteiger partial charge < -0.3 is 16.0 Å². The smallest absolute Gasteiger partial charge is 0.254 e. The summed E-state index contributed by atoms with van der Waals surface area (Å²) >= 11 is 1.63. The van der Waals surface area contributed by atoms with E-state index in [2.05, 4.69) is 5.32 Å². The van der Waals surface area contributed by atoms with Crippen molar-refractivity contribution in [3.05, 3.63) is 35.2 Å². The lowest BCUT2D eigenvalue weighted by Gasteiger charge is -2.32. The normalized spacial score (nSPS) is 18.1. The fourth-order valence-electron chi connectivity index (χ4n) is 3.07. The van der Waals surface area contributed by atoms with Crippen molar-refractivity contribution in [2.45, 2.75) is 12.8 Å². The van der Waals surface area contributed by atoms with Crippen LogP contribution in [-0.2, 0) is 4.79 Å². The number of nitrogens with zero attached hydrogens (tertiary/aromatic N) is 1. The lowest BCUT2D eigenvalue weighted by molar-refractivity contribution is -0.126. The van der Waals surface area contributed by atoms with Gasteiger partial charge in [-0.25, -0.2) is 0 Å². The Labute approximate surface area is 139 Å². The molecule has 1 aromatic heterocycles. The molecule has 0 spiro atoms. The Morgan fingerprint density at radius 1 is 1.35 bits per heavy atom. The molecule has 2 amide bonds. The summed E-state index contributed by atoms with van der Waals surface area (Å²) < 4.78 is 1.12. The minimum Gasteiger partial charge on any atom is -0.355 e. The number of hydrogen-bond acceptors (Lipinski definition) is 4. The summed E-state index contributed by atoms with van der Waals surface area (Å²) in [5.74, 6) is -0.118. The number of nitrogens with one attached hydrogen (secondary N) is 1. The van der Waals surface area contributed by atoms with Crippen LogP contribution in [0.15, 0.2) is 29.6 Å². The zero-order valence-corrected chi connectivity index (χ0v) is 13.8. The van der Waals surface area contributed by atoms with Gasteiger partial charge in [0.1, 0.15) is 0 Å². The minimum absolute atomic E-state index is 0.00157. The van der Waals surface area contributed by atoms with E-state index < -0.39 is 0 Å². The average Bonchev–Trinajstić information content (AvgIpc) is 3.07. The van der Waals surface area contributed by atoms with E-state index in [4.69, 9.17) is 5.73 Å². The fraction of sp³-hybridized carbons (Fsp3) is 0.412. The maximum atomic E-state index is 12.9. The van der Waals surface area contributed by atoms with Crippen LogP contribution in [0.3, 0.4) is 0 Å². The van der Waals surface area contributed by atoms with Crippen molar-refractivity contribution in [1.29, 1.82) is 0 Å². The van der Waals surface area contributed by atoms with Gasteiger partial charge in [-0.3, -0.25) is 9.59 Å². The molecule has 0 unspecified atom stereocenters. The maximum absolute atomic E-state index is 12.9. The Hall–Kier alpha value is -1.92. The summed E-state index contributed by atoms with van der Waals surface area (Å²) in [5.41, 5.74) is 6.15. The van der Waals surface area contributed by atoms with Crippen molar-refractivity contribution in [2.24, 2.45) is 11.7 Å². The zero-order chi connectivity index (χ0) is 16.2. The monoisotopic (exact) mass is 331 g/mol. The predicted octanol–water partition coefficient (Wildman–Crippen LogP) is 1.83. The molecule has 2 heterocycles. The number of piperidine rings is 1. The van der Waals surface area contributed by atoms with Gasteiger partial charge in [-0.15, -0.1) is 11.3 Å². The number of likely N-dealkylation sites (tertiary alicyclic amines) is 1. The van der Waals surface area contributed by atoms with Crippen LogP contribution in [0.1, 0.15) is 23.2 Å². The van der Waals surface area contributed by atoms with E-state index in [0.29, 0.717) is 26.2 Å². The van der Waals surface area contributed by atoms with E-state index in [9.17, 15) is 9.59 Å². The number of hydrogen-bond donors (Lipinski definition) is 2. The van der Waals surface area contributed by atoms with Gasteiger partial charge in [0.2, 0.25) is 5.91 Å². The molecule has 3 rings (SSSR count). The standard InChI is InChI=1S/C17H21N3O2S/c18-7-8-19-16(21)12-3-2-9-20(11-12)17(22)14-4-1-5-15-13(14)6-10-23-15/h1,4-6,10,12H,2-3,7-9,11,18H2,(H,19,21)/t12-/m0/s1. The molecule has 1 aliphatic heterocycles. The molecule has 1 fully saturated rings. The van der Waals surface area contributed by atoms with Crippen LogP contribution in [0.2, 0.25) is 0 Å². The molecule has 5 nitrogen and oxygen atoms in total. The van der Waals surface area contributed by atoms with Gasteiger partial charge in [0.15, 0.2) is 0 Å². The fourth-order valence-corrected chi connectivity index (χ4v) is 3.88. The van der Waals surface area contributed by atoms with E-state index in [-0.39, 0.29) is 17.7 Å². The number of carbonyl (C=O) groups is 2. The summed E-state index contributed by atoms with van der Waals surface area (Å²) in [6.07, 6.45) is 1.68. The number of amides is 2. The van der Waals surface area contributed by atoms with Gasteiger partial charge in [-0.05, 0) is 36.4 Å². The van der Waals surface area contributed by atoms with Gasteiger partial charge in [0, 0.05) is 41.8 Å². The maximum Gasteiger partial charge on any atom is 0.254 e. The molecule has 1 aliphatic rings. The number of thiophene rings is 1. The van der Waals surface area contributed by atoms with Gasteiger partial charge >= 0.3 is 0 Å². The van der Waals surface area contributed by atoms with Crippen LogP contribution >= 0.6 is 11.3 Å². The molecule has 2 aromatic rings. The summed E-state index contributed by atoms with van der Waals surface area (Å²) in [7, 11) is 0. The van der Waals surface area contributed by atoms with Crippen LogP contribution in [0, 0.1) is 5.92 Å². The van der Waals surface area contributed by atoms with E-state index >= 15 is 0 Å². The van der Waals surface area contributed by atoms with Crippen LogP contribution in [0.4, 0.5) is 0 Å². The van der Waals surface area contributed by atoms with Crippen molar-refractivity contribution >= 4 is 33.2 Å². The zero-order valence-electron chi connectivity index (χ0n) is 13.0. The molecule has 0 radical (unpaired) electrons. The topological polar surface area (TPSA) is 75.4 Å². The largest absolute Gasteiger partial charge is 0.355 e. The Morgan fingerprint density at radius 3 is 3.04 bits per heavy atom. The second-order valence-electron chi connectivity index (χ2n) is 5.81. The molecular weight excluding hydrogens is 310 g/mol. The predicted molar refractivity (Wildman–Crippen MR) is 92.5 cm³/mol. The molecule has 0 bridgehead atoms. The highest BCUT2D eigenvalue weighted by molar-refractivity contribution is 7.17. The highest BCUT2D eigenvalue weighted by Gasteiger charge is 2.29. The summed E-state index contributed by atoms with van der Waals surface area (Å²) in [6.45, 7) is 2.11. The van der Waals surface area contributed by atoms with Crippen LogP contribution in [0.5, 0.6) is 0 Å². The highest BCUT2D eigenvalue weighted by atomic mass is 32.1. The Kier molecular flexibility index (Phi) is 4.93. The lowest BCUT2D eigenvalue weighted by Crippen LogP contribution is -2.46. The number of rotatable bonds is 4. The first-order valence-corrected chi connectivity index (χ1v) is 8.82. The lowest BCUT2D eigenvalue weighted by atomic mass is 9.96. The van der Waals surface area contributed by atoms with Crippen molar-refractivity contribution in [2.75, 3.05) is 26.2 Å². The molecule has 3 N–H and O–H groups in total. The van der Waals surface area contributed by atoms with E-state index in [0.717, 1.165) is 28.5 Å². The number of benzene rings is 1. The molecule has 1 aromatic carbocycles. The minimum atomic E-state index is -0.138. The highest BCUT2D eigenvalue weighted by Crippen LogP contribution is 2.26. The van der Waals surface area contributed by atoms with Crippen LogP contribution in [-0.4, -0.2) is 42.9 Å². The molecule has 6 heteroatoms. The van der Waals surface area contributed by atoms with Gasteiger partial charge in [0.25, 0.3) is 5.91 Å². The first kappa shape index (κ1) is 16.0. The molecule has 122 valence electrons. The molecule has 1 saturated heterocycles. The number of carbonyl (C=O) groups excluding carboxylic acids is 2. The van der Waals surface area contributed by atoms with E-state index in [1.807, 2.05) is 34.5 Å². The van der Waals surface area contributed by atoms with Crippen molar-refractivity contribution < 1.29 is 9.59 Å². The molecule has 23 heavy (non-hydrogen) atoms. The quantitative estimate of drug-likeness (QED) is 0.897. The van der Waals surface area contributed by atoms with Crippen LogP contribution in [0.25, 0.3) is 10.1 Å². The second-order valence-corrected chi connectivity index (χ2v) is 6.76. The summed E-state index contributed by atoms with van der Waals surface area (Å²) in [5, 5.41) is 5.82. The van der Waals surface area contributed by atoms with Crippen molar-refractivity contribution in [3.8, 4) is 0 Å². The van der Waals surface area contributed by atoms with Gasteiger partial charge in [-0.1, -0.05) is 6.07 Å². The summed E-state index contributed by atoms with van der Waals surface area (Å²) in [6, 6.07) is 7.80. The molecule has 0 saturated carbocycles. The van der Waals surface area contributed by atoms with E-state index in [1.54, 1.807) is 11.3 Å².